The number of likely N-dealkylation sites (tertiary alicyclic amines) is 1. The number of methoxy groups -OCH3 is 3. The van der Waals surface area contributed by atoms with Crippen LogP contribution < -0.4 is 14.2 Å². The van der Waals surface area contributed by atoms with E-state index >= 15 is 0 Å². The van der Waals surface area contributed by atoms with Crippen molar-refractivity contribution in [2.75, 3.05) is 41.0 Å². The van der Waals surface area contributed by atoms with E-state index in [4.69, 9.17) is 14.2 Å². The Morgan fingerprint density at radius 3 is 2.27 bits per heavy atom. The third-order valence-electron chi connectivity index (χ3n) is 5.33. The molecule has 0 spiro atoms. The van der Waals surface area contributed by atoms with Gasteiger partial charge in [0.2, 0.25) is 5.91 Å². The summed E-state index contributed by atoms with van der Waals surface area (Å²) in [6.07, 6.45) is 3.44. The number of hydrogen-bond donors (Lipinski definition) is 0. The van der Waals surface area contributed by atoms with Gasteiger partial charge in [-0.1, -0.05) is 6.92 Å². The Morgan fingerprint density at radius 1 is 1.07 bits per heavy atom. The van der Waals surface area contributed by atoms with Gasteiger partial charge in [-0.2, -0.15) is 0 Å². The van der Waals surface area contributed by atoms with Crippen LogP contribution in [0.25, 0.3) is 6.08 Å². The zero-order chi connectivity index (χ0) is 21.8. The summed E-state index contributed by atoms with van der Waals surface area (Å²) in [5.41, 5.74) is 0.567. The molecule has 0 aromatic heterocycles. The monoisotopic (exact) mass is 434 g/mol. The summed E-state index contributed by atoms with van der Waals surface area (Å²) in [6, 6.07) is 3.32. The molecule has 8 nitrogen and oxygen atoms in total. The van der Waals surface area contributed by atoms with Gasteiger partial charge in [-0.05, 0) is 42.7 Å². The van der Waals surface area contributed by atoms with Crippen LogP contribution in [-0.2, 0) is 9.59 Å². The predicted molar refractivity (Wildman–Crippen MR) is 114 cm³/mol. The first-order valence-electron chi connectivity index (χ1n) is 9.71. The van der Waals surface area contributed by atoms with Crippen molar-refractivity contribution >= 4 is 34.9 Å². The quantitative estimate of drug-likeness (QED) is 0.636. The fourth-order valence-corrected chi connectivity index (χ4v) is 4.27. The normalized spacial score (nSPS) is 18.9. The van der Waals surface area contributed by atoms with Crippen molar-refractivity contribution in [3.8, 4) is 17.2 Å². The summed E-state index contributed by atoms with van der Waals surface area (Å²) in [5.74, 6) is 1.33. The number of hydrogen-bond acceptors (Lipinski definition) is 7. The van der Waals surface area contributed by atoms with Crippen LogP contribution in [0, 0.1) is 5.92 Å². The standard InChI is InChI=1S/C21H26N2O6S/c1-13-5-7-22(8-6-13)19(24)12-23-20(25)18(30-21(23)26)10-14-9-16(28-3)17(29-4)11-15(14)27-2/h9-11,13H,5-8,12H2,1-4H3/b18-10+. The Bertz CT molecular complexity index is 876. The van der Waals surface area contributed by atoms with Crippen LogP contribution in [0.15, 0.2) is 17.0 Å². The fourth-order valence-electron chi connectivity index (χ4n) is 3.44. The summed E-state index contributed by atoms with van der Waals surface area (Å²) < 4.78 is 16.0. The maximum absolute atomic E-state index is 12.8. The molecule has 0 saturated carbocycles. The van der Waals surface area contributed by atoms with E-state index in [1.165, 1.54) is 21.3 Å². The predicted octanol–water partition coefficient (Wildman–Crippen LogP) is 3.01. The molecule has 0 aliphatic carbocycles. The van der Waals surface area contributed by atoms with Gasteiger partial charge in [0.05, 0.1) is 26.2 Å². The van der Waals surface area contributed by atoms with Crippen LogP contribution in [0.3, 0.4) is 0 Å². The fraction of sp³-hybridized carbons (Fsp3) is 0.476. The lowest BCUT2D eigenvalue weighted by Gasteiger charge is -2.31. The van der Waals surface area contributed by atoms with E-state index < -0.39 is 11.1 Å². The molecule has 0 bridgehead atoms. The van der Waals surface area contributed by atoms with Crippen molar-refractivity contribution in [3.05, 3.63) is 22.6 Å². The van der Waals surface area contributed by atoms with Gasteiger partial charge in [-0.15, -0.1) is 0 Å². The van der Waals surface area contributed by atoms with Crippen molar-refractivity contribution in [1.29, 1.82) is 0 Å². The lowest BCUT2D eigenvalue weighted by molar-refractivity contribution is -0.136. The van der Waals surface area contributed by atoms with Gasteiger partial charge < -0.3 is 19.1 Å². The average Bonchev–Trinajstić information content (AvgIpc) is 3.01. The van der Waals surface area contributed by atoms with Crippen LogP contribution in [0.2, 0.25) is 0 Å². The second-order valence-corrected chi connectivity index (χ2v) is 8.27. The smallest absolute Gasteiger partial charge is 0.294 e. The highest BCUT2D eigenvalue weighted by Gasteiger charge is 2.37. The van der Waals surface area contributed by atoms with E-state index in [2.05, 4.69) is 6.92 Å². The highest BCUT2D eigenvalue weighted by atomic mass is 32.2. The topological polar surface area (TPSA) is 85.4 Å². The molecular weight excluding hydrogens is 408 g/mol. The Kier molecular flexibility index (Phi) is 6.91. The molecule has 2 heterocycles. The number of piperidine rings is 1. The number of carbonyl (C=O) groups excluding carboxylic acids is 3. The minimum absolute atomic E-state index is 0.200. The average molecular weight is 435 g/mol. The molecule has 3 rings (SSSR count). The third kappa shape index (κ3) is 4.56. The molecule has 2 aliphatic heterocycles. The van der Waals surface area contributed by atoms with Crippen molar-refractivity contribution < 1.29 is 28.6 Å². The van der Waals surface area contributed by atoms with Gasteiger partial charge in [0.1, 0.15) is 12.3 Å². The molecule has 0 radical (unpaired) electrons. The molecule has 0 atom stereocenters. The summed E-state index contributed by atoms with van der Waals surface area (Å²) in [6.45, 7) is 3.24. The second kappa shape index (κ2) is 9.42. The molecule has 1 aromatic rings. The lowest BCUT2D eigenvalue weighted by Crippen LogP contribution is -2.45. The number of benzene rings is 1. The number of amides is 3. The van der Waals surface area contributed by atoms with E-state index in [1.807, 2.05) is 0 Å². The number of ether oxygens (including phenoxy) is 3. The molecule has 9 heteroatoms. The van der Waals surface area contributed by atoms with Crippen molar-refractivity contribution in [2.45, 2.75) is 19.8 Å². The first kappa shape index (κ1) is 22.0. The number of thioether (sulfide) groups is 1. The van der Waals surface area contributed by atoms with E-state index in [-0.39, 0.29) is 17.4 Å². The van der Waals surface area contributed by atoms with Gasteiger partial charge in [0.25, 0.3) is 11.1 Å². The molecule has 0 unspecified atom stereocenters. The van der Waals surface area contributed by atoms with Gasteiger partial charge in [-0.25, -0.2) is 0 Å². The van der Waals surface area contributed by atoms with Crippen molar-refractivity contribution in [3.63, 3.8) is 0 Å². The van der Waals surface area contributed by atoms with Crippen molar-refractivity contribution in [1.82, 2.24) is 9.80 Å². The Hall–Kier alpha value is -2.68. The Balaban J connectivity index is 1.79. The first-order chi connectivity index (χ1) is 14.4. The molecule has 0 N–H and O–H groups in total. The number of nitrogens with zero attached hydrogens (tertiary/aromatic N) is 2. The number of carbonyl (C=O) groups is 3. The molecule has 1 aromatic carbocycles. The van der Waals surface area contributed by atoms with Crippen LogP contribution >= 0.6 is 11.8 Å². The molecule has 162 valence electrons. The minimum atomic E-state index is -0.486. The van der Waals surface area contributed by atoms with Gasteiger partial charge in [0.15, 0.2) is 11.5 Å². The van der Waals surface area contributed by atoms with E-state index in [9.17, 15) is 14.4 Å². The summed E-state index contributed by atoms with van der Waals surface area (Å²) in [7, 11) is 4.53. The van der Waals surface area contributed by atoms with Crippen LogP contribution in [0.1, 0.15) is 25.3 Å². The van der Waals surface area contributed by atoms with Gasteiger partial charge in [-0.3, -0.25) is 19.3 Å². The zero-order valence-electron chi connectivity index (χ0n) is 17.6. The Morgan fingerprint density at radius 2 is 1.67 bits per heavy atom. The molecule has 30 heavy (non-hydrogen) atoms. The maximum Gasteiger partial charge on any atom is 0.294 e. The molecule has 2 aliphatic rings. The zero-order valence-corrected chi connectivity index (χ0v) is 18.4. The maximum atomic E-state index is 12.8. The van der Waals surface area contributed by atoms with Gasteiger partial charge >= 0.3 is 0 Å². The van der Waals surface area contributed by atoms with E-state index in [0.29, 0.717) is 41.8 Å². The SMILES string of the molecule is COc1cc(OC)c(OC)cc1/C=C1/SC(=O)N(CC(=O)N2CCC(C)CC2)C1=O. The third-order valence-corrected chi connectivity index (χ3v) is 6.23. The van der Waals surface area contributed by atoms with Crippen molar-refractivity contribution in [2.24, 2.45) is 5.92 Å². The summed E-state index contributed by atoms with van der Waals surface area (Å²) >= 11 is 0.808. The molecule has 3 amide bonds. The van der Waals surface area contributed by atoms with E-state index in [0.717, 1.165) is 29.5 Å². The molecular formula is C21H26N2O6S. The van der Waals surface area contributed by atoms with Crippen LogP contribution in [0.5, 0.6) is 17.2 Å². The highest BCUT2D eigenvalue weighted by molar-refractivity contribution is 8.18. The van der Waals surface area contributed by atoms with Crippen LogP contribution in [-0.4, -0.2) is 67.8 Å². The highest BCUT2D eigenvalue weighted by Crippen LogP contribution is 2.38. The Labute approximate surface area is 180 Å². The summed E-state index contributed by atoms with van der Waals surface area (Å²) in [5, 5.41) is -0.454. The first-order valence-corrected chi connectivity index (χ1v) is 10.5. The largest absolute Gasteiger partial charge is 0.496 e. The summed E-state index contributed by atoms with van der Waals surface area (Å²) in [4.78, 5) is 40.8. The minimum Gasteiger partial charge on any atom is -0.496 e. The second-order valence-electron chi connectivity index (χ2n) is 7.28. The van der Waals surface area contributed by atoms with E-state index in [1.54, 1.807) is 23.1 Å². The molecule has 2 fully saturated rings. The number of rotatable bonds is 6. The lowest BCUT2D eigenvalue weighted by atomic mass is 9.99. The van der Waals surface area contributed by atoms with Crippen LogP contribution in [0.4, 0.5) is 4.79 Å². The van der Waals surface area contributed by atoms with Gasteiger partial charge in [0, 0.05) is 24.7 Å². The number of imide groups is 1. The molecule has 2 saturated heterocycles.